The number of carbonyl (C=O) groups is 7. The molecule has 598 valence electrons. The molecule has 0 fully saturated rings. The fourth-order valence-electron chi connectivity index (χ4n) is 10.3. The maximum atomic E-state index is 13.3. The zero-order valence-electron chi connectivity index (χ0n) is 68.4. The largest absolute Gasteiger partial charge is 1.00 e. The molecule has 2 aliphatic heterocycles. The van der Waals surface area contributed by atoms with Crippen LogP contribution in [0.5, 0.6) is 0 Å². The van der Waals surface area contributed by atoms with Gasteiger partial charge in [-0.3, -0.25) is 33.6 Å². The van der Waals surface area contributed by atoms with Crippen molar-refractivity contribution in [1.29, 1.82) is 0 Å². The van der Waals surface area contributed by atoms with Crippen molar-refractivity contribution in [2.75, 3.05) is 67.0 Å². The van der Waals surface area contributed by atoms with E-state index in [1.54, 1.807) is 76.2 Å². The van der Waals surface area contributed by atoms with Crippen molar-refractivity contribution < 1.29 is 127 Å². The molecule has 0 radical (unpaired) electrons. The van der Waals surface area contributed by atoms with Crippen LogP contribution in [0.3, 0.4) is 0 Å². The molecule has 4 aromatic rings. The van der Waals surface area contributed by atoms with E-state index in [-0.39, 0.29) is 144 Å². The molecule has 0 unspecified atom stereocenters. The summed E-state index contributed by atoms with van der Waals surface area (Å²) in [5.41, 5.74) is 17.7. The number of anilines is 4. The molecule has 0 saturated carbocycles. The summed E-state index contributed by atoms with van der Waals surface area (Å²) in [6, 6.07) is 17.9. The summed E-state index contributed by atoms with van der Waals surface area (Å²) < 4.78 is 49.8. The molecule has 18 nitrogen and oxygen atoms in total. The SMILES string of the molecule is C.C#CC(C)(C)C(C(=O)OCC)C(=O)OCC.C#CC(C)(C)CC(=O)Nc1c(C)cc2c(c1C)CCCCN2Cc1ccc(F)cc1.C#CC(C)(C)CC(=O)O.C#CC(C)(C)CC(=O)OCC.C#CC(C)(C)Cl.CCOC(=O)CC(=O)OCC.Cc1cc2c(c(C)c1N)CCCCN2Cc1ccc(F)cc1.[Cl-].[Li+].[Li+].[OH-]. The quantitative estimate of drug-likeness (QED) is 0.0136. The molecule has 6 rings (SSSR count). The van der Waals surface area contributed by atoms with Crippen molar-refractivity contribution in [3.05, 3.63) is 117 Å². The van der Waals surface area contributed by atoms with Crippen LogP contribution in [0, 0.1) is 129 Å². The second-order valence-corrected chi connectivity index (χ2v) is 28.9. The Kier molecular flexibility index (Phi) is 57.7. The third-order valence-corrected chi connectivity index (χ3v) is 16.3. The smallest absolute Gasteiger partial charge is 1.00 e. The van der Waals surface area contributed by atoms with Crippen LogP contribution in [0.4, 0.5) is 31.5 Å². The van der Waals surface area contributed by atoms with Gasteiger partial charge in [0, 0.05) is 77.0 Å². The molecule has 4 aromatic carbocycles. The maximum Gasteiger partial charge on any atom is 1.00 e. The fourth-order valence-corrected chi connectivity index (χ4v) is 10.3. The molecular formula is C86H120Cl2F2Li2N4O14. The summed E-state index contributed by atoms with van der Waals surface area (Å²) >= 11 is 5.48. The van der Waals surface area contributed by atoms with E-state index in [0.717, 1.165) is 91.1 Å². The topological polar surface area (TPSA) is 260 Å². The van der Waals surface area contributed by atoms with E-state index in [0.29, 0.717) is 6.61 Å². The minimum atomic E-state index is -1.07. The maximum absolute atomic E-state index is 13.3. The normalized spacial score (nSPS) is 11.6. The van der Waals surface area contributed by atoms with Crippen LogP contribution in [0.2, 0.25) is 0 Å². The first-order valence-corrected chi connectivity index (χ1v) is 35.7. The van der Waals surface area contributed by atoms with Crippen molar-refractivity contribution in [1.82, 2.24) is 0 Å². The first kappa shape index (κ1) is 113. The summed E-state index contributed by atoms with van der Waals surface area (Å²) in [7, 11) is 0. The van der Waals surface area contributed by atoms with Gasteiger partial charge in [0.1, 0.15) is 18.1 Å². The van der Waals surface area contributed by atoms with Crippen molar-refractivity contribution >= 4 is 76.1 Å². The predicted molar refractivity (Wildman–Crippen MR) is 426 cm³/mol. The average Bonchev–Trinajstić information content (AvgIpc) is 1.34. The van der Waals surface area contributed by atoms with Crippen LogP contribution < -0.4 is 71.0 Å². The van der Waals surface area contributed by atoms with Gasteiger partial charge in [0.2, 0.25) is 5.91 Å². The predicted octanol–water partition coefficient (Wildman–Crippen LogP) is 7.86. The fraction of sp³-hybridized carbons (Fsp3) is 0.523. The minimum Gasteiger partial charge on any atom is -1.00 e. The van der Waals surface area contributed by atoms with Crippen molar-refractivity contribution in [2.45, 2.75) is 221 Å². The molecule has 0 aromatic heterocycles. The number of alkyl halides is 1. The van der Waals surface area contributed by atoms with Crippen LogP contribution in [0.1, 0.15) is 207 Å². The zero-order valence-corrected chi connectivity index (χ0v) is 70.0. The summed E-state index contributed by atoms with van der Waals surface area (Å²) in [6.45, 7) is 39.5. The molecule has 0 bridgehead atoms. The number of ether oxygens (including phenoxy) is 5. The molecule has 5 N–H and O–H groups in total. The molecule has 2 heterocycles. The summed E-state index contributed by atoms with van der Waals surface area (Å²) in [6.07, 6.45) is 33.0. The van der Waals surface area contributed by atoms with Crippen molar-refractivity contribution in [3.63, 3.8) is 0 Å². The number of nitrogens with two attached hydrogens (primary N) is 1. The number of hydrogen-bond acceptors (Lipinski definition) is 16. The second kappa shape index (κ2) is 56.2. The van der Waals surface area contributed by atoms with E-state index in [4.69, 9.17) is 68.8 Å². The van der Waals surface area contributed by atoms with Gasteiger partial charge in [-0.15, -0.1) is 43.7 Å². The number of nitrogens with zero attached hydrogens (tertiary/aromatic N) is 2. The van der Waals surface area contributed by atoms with E-state index in [1.807, 2.05) is 58.9 Å². The van der Waals surface area contributed by atoms with Gasteiger partial charge in [-0.05, 0) is 251 Å². The molecule has 110 heavy (non-hydrogen) atoms. The number of carboxylic acid groups (broad SMARTS) is 1. The molecule has 0 spiro atoms. The van der Waals surface area contributed by atoms with Gasteiger partial charge in [0.25, 0.3) is 0 Å². The number of carbonyl (C=O) groups excluding carboxylic acids is 6. The van der Waals surface area contributed by atoms with Gasteiger partial charge >= 0.3 is 73.5 Å². The third kappa shape index (κ3) is 44.1. The Bertz CT molecular complexity index is 3700. The Morgan fingerprint density at radius 2 is 0.891 bits per heavy atom. The number of nitrogen functional groups attached to an aromatic ring is 1. The van der Waals surface area contributed by atoms with E-state index >= 15 is 0 Å². The van der Waals surface area contributed by atoms with Crippen molar-refractivity contribution in [3.8, 4) is 61.7 Å². The first-order valence-electron chi connectivity index (χ1n) is 35.3. The van der Waals surface area contributed by atoms with Gasteiger partial charge in [-0.25, -0.2) is 8.78 Å². The van der Waals surface area contributed by atoms with Gasteiger partial charge in [0.15, 0.2) is 5.92 Å². The Hall–Kier alpha value is -8.04. The van der Waals surface area contributed by atoms with E-state index in [2.05, 4.69) is 87.1 Å². The number of benzene rings is 4. The van der Waals surface area contributed by atoms with E-state index in [1.165, 1.54) is 65.2 Å². The molecule has 0 saturated heterocycles. The van der Waals surface area contributed by atoms with Crippen LogP contribution in [0.15, 0.2) is 60.7 Å². The van der Waals surface area contributed by atoms with E-state index in [9.17, 15) is 42.3 Å². The van der Waals surface area contributed by atoms with Gasteiger partial charge < -0.3 is 67.5 Å². The number of rotatable bonds is 21. The molecule has 1 amide bonds. The van der Waals surface area contributed by atoms with Gasteiger partial charge in [-0.1, -0.05) is 61.3 Å². The number of fused-ring (bicyclic) bond motifs is 2. The number of hydrogen-bond donors (Lipinski definition) is 3. The van der Waals surface area contributed by atoms with Crippen LogP contribution >= 0.6 is 11.6 Å². The third-order valence-electron chi connectivity index (χ3n) is 16.2. The molecule has 24 heteroatoms. The Labute approximate surface area is 692 Å². The molecule has 0 atom stereocenters. The van der Waals surface area contributed by atoms with Gasteiger partial charge in [-0.2, -0.15) is 0 Å². The number of esters is 5. The van der Waals surface area contributed by atoms with E-state index < -0.39 is 56.9 Å². The van der Waals surface area contributed by atoms with Crippen LogP contribution in [0.25, 0.3) is 0 Å². The standard InChI is InChI=1S/C26H31FN2O.C19H23FN2.C12H18O4.C9H14O2.C7H12O4.C7H10O2.C5H7Cl.CH4.ClH.2Li.H2O/c1-6-26(4,5)16-24(30)28-25-18(2)15-23-22(19(25)3)9-7-8-14-29(23)17-20-10-12-21(27)13-11-20;1-13-11-18-17(14(2)19(13)21)5-3-4-10-22(18)12-15-6-8-16(20)9-7-15;1-6-12(4,5)9(10(13)15-7-2)11(14)16-8-3;1-5-9(3,4)7-8(10)11-6-2;1-3-10-6(8)5-7(9)11-4-2;1-4-7(2,3)5-6(8)9;1-4-5(2,3)6;;;;;/h1,10-13,15H,7-9,14,16-17H2,2-5H3,(H,28,30);6-9,11H,3-5,10,12,21H2,1-2H3;1,9H,7-8H2,2-5H3;1H,6-7H2,2-4H3;3-5H2,1-2H3;1H,5H2,2-3H3,(H,8,9);1H,2-3H3;1H4;1H;;;1H2/q;;;;;;;;;2*+1;/p-2. The minimum absolute atomic E-state index is 0. The number of aliphatic carboxylic acids is 1. The van der Waals surface area contributed by atoms with Crippen LogP contribution in [-0.2, 0) is 83.2 Å². The number of carboxylic acids is 1. The first-order chi connectivity index (χ1) is 48.9. The number of terminal acetylenes is 5. The average molecular weight is 1560 g/mol. The number of aryl methyl sites for hydroxylation is 2. The number of amides is 1. The molecule has 2 aliphatic rings. The summed E-state index contributed by atoms with van der Waals surface area (Å²) in [5, 5.41) is 11.4. The zero-order chi connectivity index (χ0) is 80.6. The summed E-state index contributed by atoms with van der Waals surface area (Å²) in [4.78, 5) is 82.4. The van der Waals surface area contributed by atoms with Crippen LogP contribution in [-0.4, -0.2) is 103 Å². The monoisotopic (exact) mass is 1550 g/mol. The summed E-state index contributed by atoms with van der Waals surface area (Å²) in [5.74, 6) is 7.46. The Balaban J connectivity index is -0.000000302. The molecular weight excluding hydrogens is 1440 g/mol. The second-order valence-electron chi connectivity index (χ2n) is 28.0. The molecule has 0 aliphatic carbocycles. The Morgan fingerprint density at radius 3 is 1.23 bits per heavy atom. The number of nitrogens with one attached hydrogen (secondary N) is 1. The Morgan fingerprint density at radius 1 is 0.545 bits per heavy atom. The number of halogens is 4. The van der Waals surface area contributed by atoms with Crippen molar-refractivity contribution in [2.24, 2.45) is 27.6 Å². The van der Waals surface area contributed by atoms with Gasteiger partial charge in [0.05, 0.1) is 50.8 Å².